The first-order valence-corrected chi connectivity index (χ1v) is 37.9. The van der Waals surface area contributed by atoms with Crippen LogP contribution in [0.2, 0.25) is 0 Å². The third-order valence-corrected chi connectivity index (χ3v) is 25.3. The first-order chi connectivity index (χ1) is 47.0. The van der Waals surface area contributed by atoms with Gasteiger partial charge < -0.3 is 47.7 Å². The van der Waals surface area contributed by atoms with Crippen LogP contribution in [0.15, 0.2) is 60.8 Å². The molecule has 15 saturated carbocycles. The van der Waals surface area contributed by atoms with Gasteiger partial charge >= 0.3 is 53.7 Å². The van der Waals surface area contributed by atoms with Crippen LogP contribution in [0.25, 0.3) is 0 Å². The lowest BCUT2D eigenvalue weighted by Crippen LogP contribution is -2.62. The Morgan fingerprint density at radius 1 is 0.540 bits per heavy atom. The predicted molar refractivity (Wildman–Crippen MR) is 372 cm³/mol. The first kappa shape index (κ1) is 78.0. The Balaban J connectivity index is 0.000000141. The van der Waals surface area contributed by atoms with E-state index >= 15 is 0 Å². The predicted octanol–water partition coefficient (Wildman–Crippen LogP) is 14.2. The van der Waals surface area contributed by atoms with Gasteiger partial charge in [-0.2, -0.15) is 0 Å². The van der Waals surface area contributed by atoms with E-state index in [0.29, 0.717) is 83.2 Å². The van der Waals surface area contributed by atoms with Crippen molar-refractivity contribution in [3.05, 3.63) is 60.8 Å². The largest absolute Gasteiger partial charge is 0.463 e. The number of carbonyl (C=O) groups is 9. The van der Waals surface area contributed by atoms with Crippen LogP contribution in [0, 0.1) is 88.8 Å². The molecule has 0 spiro atoms. The van der Waals surface area contributed by atoms with Crippen molar-refractivity contribution in [2.45, 2.75) is 289 Å². The number of rotatable bonds is 17. The molecule has 0 aromatic heterocycles. The van der Waals surface area contributed by atoms with Crippen molar-refractivity contribution in [1.29, 1.82) is 0 Å². The number of aliphatic hydroxyl groups is 1. The van der Waals surface area contributed by atoms with Crippen molar-refractivity contribution in [2.75, 3.05) is 13.2 Å². The van der Waals surface area contributed by atoms with Gasteiger partial charge in [0, 0.05) is 52.5 Å². The maximum absolute atomic E-state index is 12.1. The molecule has 0 aromatic carbocycles. The standard InChI is InChI=1S/C17H26O2.C16H24O2.C14H16O6.C14H20O3.C12H20O2.C8H12O4/c1-10(2)16(18)19-17(11(3)4)14-6-12-5-13(8-14)9-15(17)7-12;1-4-16(18-15(17)10(2)3)13-6-11-5-12(8-13)9-14(16)7-11;1-6(2)13(16)18-5-10(15)19-11-7-3-8-9(4-7)14(17)20-12(8)11;1-9(2)12(15)17-14-6-10-3-11(7-14)5-13(16,4-10)8-14;1-4-12(8-6-5-7-9-12)14-11(13)10(2)3;1-5(2)7(9)12-6-3-4-11-8(6)10/h11-15H,1,5-9H2,2-4H3;11-14H,2,4-9H2,1,3H3;7-9,11-12H,1,3-5H2,2H3;10-11,16H,1,3-8H2,2H3;2,4-9H2,1,3H3;5-6H,3-4H2,1-2H3. The second-order valence-corrected chi connectivity index (χ2v) is 33.8. The number of cyclic esters (lactones) is 1. The van der Waals surface area contributed by atoms with Crippen molar-refractivity contribution >= 4 is 53.7 Å². The molecule has 14 bridgehead atoms. The van der Waals surface area contributed by atoms with Crippen molar-refractivity contribution in [3.8, 4) is 0 Å². The van der Waals surface area contributed by atoms with Crippen molar-refractivity contribution in [2.24, 2.45) is 88.8 Å². The van der Waals surface area contributed by atoms with Gasteiger partial charge in [-0.05, 0) is 247 Å². The van der Waals surface area contributed by atoms with Gasteiger partial charge in [0.05, 0.1) is 24.0 Å². The summed E-state index contributed by atoms with van der Waals surface area (Å²) in [6.07, 6.45) is 26.8. The topological polar surface area (TPSA) is 257 Å². The zero-order chi connectivity index (χ0) is 73.1. The Labute approximate surface area is 594 Å². The highest BCUT2D eigenvalue weighted by molar-refractivity contribution is 5.90. The molecule has 0 radical (unpaired) electrons. The lowest BCUT2D eigenvalue weighted by Gasteiger charge is -2.61. The van der Waals surface area contributed by atoms with Crippen LogP contribution in [0.3, 0.4) is 0 Å². The third-order valence-electron chi connectivity index (χ3n) is 25.3. The minimum absolute atomic E-state index is 0.0128. The minimum atomic E-state index is -0.667. The molecule has 0 aromatic rings. The van der Waals surface area contributed by atoms with Crippen LogP contribution in [-0.2, 0) is 85.8 Å². The number of esters is 9. The highest BCUT2D eigenvalue weighted by atomic mass is 16.6. The maximum Gasteiger partial charge on any atom is 0.347 e. The van der Waals surface area contributed by atoms with E-state index in [0.717, 1.165) is 87.9 Å². The summed E-state index contributed by atoms with van der Waals surface area (Å²) in [5, 5.41) is 10.5. The summed E-state index contributed by atoms with van der Waals surface area (Å²) in [6, 6.07) is 0. The number of hydrogen-bond donors (Lipinski definition) is 1. The van der Waals surface area contributed by atoms with E-state index in [4.69, 9.17) is 37.9 Å². The van der Waals surface area contributed by atoms with E-state index in [2.05, 4.69) is 65.3 Å². The molecule has 17 aliphatic rings. The van der Waals surface area contributed by atoms with Gasteiger partial charge in [-0.3, -0.25) is 9.59 Å². The molecule has 19 heteroatoms. The van der Waals surface area contributed by atoms with Crippen molar-refractivity contribution in [1.82, 2.24) is 0 Å². The van der Waals surface area contributed by atoms with Gasteiger partial charge in [-0.1, -0.05) is 80.9 Å². The van der Waals surface area contributed by atoms with Crippen LogP contribution < -0.4 is 0 Å². The fourth-order valence-electron chi connectivity index (χ4n) is 21.4. The van der Waals surface area contributed by atoms with Crippen LogP contribution in [0.1, 0.15) is 243 Å². The highest BCUT2D eigenvalue weighted by Gasteiger charge is 2.65. The maximum atomic E-state index is 12.1. The summed E-state index contributed by atoms with van der Waals surface area (Å²) in [4.78, 5) is 104. The Kier molecular flexibility index (Phi) is 24.9. The zero-order valence-electron chi connectivity index (χ0n) is 62.0. The molecule has 556 valence electrons. The highest BCUT2D eigenvalue weighted by Crippen LogP contribution is 2.64. The molecular weight excluding hydrogens is 1280 g/mol. The number of ether oxygens (including phenoxy) is 9. The molecule has 1 N–H and O–H groups in total. The Hall–Kier alpha value is -6.11. The molecule has 0 amide bonds. The quantitative estimate of drug-likeness (QED) is 0.0806. The van der Waals surface area contributed by atoms with E-state index in [1.165, 1.54) is 96.8 Å². The molecule has 17 rings (SSSR count). The summed E-state index contributed by atoms with van der Waals surface area (Å²) in [5.74, 6) is 4.62. The van der Waals surface area contributed by atoms with E-state index in [-0.39, 0.29) is 88.0 Å². The molecule has 17 fully saturated rings. The average molecular weight is 1400 g/mol. The van der Waals surface area contributed by atoms with Crippen LogP contribution in [0.4, 0.5) is 0 Å². The van der Waals surface area contributed by atoms with Gasteiger partial charge in [0.15, 0.2) is 6.61 Å². The molecule has 19 nitrogen and oxygen atoms in total. The Bertz CT molecular complexity index is 3070. The fourth-order valence-corrected chi connectivity index (χ4v) is 21.4. The third kappa shape index (κ3) is 17.4. The lowest BCUT2D eigenvalue weighted by atomic mass is 9.47. The average Bonchev–Trinajstić information content (AvgIpc) is 1.01. The molecule has 8 unspecified atom stereocenters. The SMILES string of the molecule is C=C(C)C(=O)OC1(C(C)C)C2CC3CC(C2)CC1C3.C=C(C)C(=O)OC1(CC)C2CC3CC(C2)CC1C3.C=C(C)C(=O)OC1(CC)CCCCC1.C=C(C)C(=O)OC12CC3CC(CC(O)(C3)C1)C2.C=C(C)C(=O)OCC(=O)OC1C2CC3C(=O)OC1C3C2.CC(C)C(=O)OC1CCOC1=O. The van der Waals surface area contributed by atoms with Crippen LogP contribution in [-0.4, -0.2) is 118 Å². The smallest absolute Gasteiger partial charge is 0.347 e. The normalized spacial score (nSPS) is 37.2. The monoisotopic (exact) mass is 1390 g/mol. The second kappa shape index (κ2) is 31.9. The fraction of sp³-hybridized carbons (Fsp3) is 0.765. The minimum Gasteiger partial charge on any atom is -0.463 e. The van der Waals surface area contributed by atoms with Gasteiger partial charge in [0.1, 0.15) is 34.6 Å². The van der Waals surface area contributed by atoms with E-state index in [1.54, 1.807) is 41.5 Å². The zero-order valence-corrected chi connectivity index (χ0v) is 62.0. The summed E-state index contributed by atoms with van der Waals surface area (Å²) in [6.45, 7) is 38.6. The molecule has 2 saturated heterocycles. The first-order valence-electron chi connectivity index (χ1n) is 37.9. The molecular formula is C81H118O19. The summed E-state index contributed by atoms with van der Waals surface area (Å²) in [7, 11) is 0. The molecule has 15 aliphatic carbocycles. The lowest BCUT2D eigenvalue weighted by molar-refractivity contribution is -0.221. The van der Waals surface area contributed by atoms with E-state index in [1.807, 2.05) is 0 Å². The van der Waals surface area contributed by atoms with Crippen molar-refractivity contribution < 1.29 is 90.9 Å². The molecule has 100 heavy (non-hydrogen) atoms. The second-order valence-electron chi connectivity index (χ2n) is 33.8. The van der Waals surface area contributed by atoms with Gasteiger partial charge in [-0.25, -0.2) is 33.6 Å². The molecule has 2 aliphatic heterocycles. The van der Waals surface area contributed by atoms with Crippen LogP contribution >= 0.6 is 0 Å². The van der Waals surface area contributed by atoms with Crippen LogP contribution in [0.5, 0.6) is 0 Å². The molecule has 2 heterocycles. The summed E-state index contributed by atoms with van der Waals surface area (Å²) >= 11 is 0. The number of carbonyl (C=O) groups excluding carboxylic acids is 9. The van der Waals surface area contributed by atoms with Gasteiger partial charge in [0.25, 0.3) is 0 Å². The Morgan fingerprint density at radius 3 is 1.47 bits per heavy atom. The Morgan fingerprint density at radius 2 is 1.02 bits per heavy atom. The summed E-state index contributed by atoms with van der Waals surface area (Å²) in [5.41, 5.74) is 0.738. The molecule has 8 atom stereocenters. The van der Waals surface area contributed by atoms with Gasteiger partial charge in [-0.15, -0.1) is 0 Å². The summed E-state index contributed by atoms with van der Waals surface area (Å²) < 4.78 is 48.2. The van der Waals surface area contributed by atoms with E-state index < -0.39 is 47.9 Å². The number of hydrogen-bond acceptors (Lipinski definition) is 19. The van der Waals surface area contributed by atoms with Gasteiger partial charge in [0.2, 0.25) is 6.10 Å². The number of fused-ring (bicyclic) bond motifs is 1. The van der Waals surface area contributed by atoms with E-state index in [9.17, 15) is 48.3 Å². The van der Waals surface area contributed by atoms with Crippen molar-refractivity contribution in [3.63, 3.8) is 0 Å².